The molecule has 0 aromatic heterocycles. The number of allylic oxidation sites excluding steroid dienone is 1. The van der Waals surface area contributed by atoms with Gasteiger partial charge >= 0.3 is 17.9 Å². The molecule has 0 bridgehead atoms. The molecular weight excluding hydrogens is 336 g/mol. The van der Waals surface area contributed by atoms with Gasteiger partial charge in [0.25, 0.3) is 0 Å². The summed E-state index contributed by atoms with van der Waals surface area (Å²) in [6.45, 7) is 7.24. The molecule has 1 heterocycles. The van der Waals surface area contributed by atoms with Crippen LogP contribution in [0.5, 0.6) is 0 Å². The molecule has 3 aliphatic rings. The summed E-state index contributed by atoms with van der Waals surface area (Å²) in [7, 11) is 0. The van der Waals surface area contributed by atoms with Gasteiger partial charge in [-0.3, -0.25) is 14.4 Å². The number of carboxylic acid groups (broad SMARTS) is 2. The van der Waals surface area contributed by atoms with E-state index in [0.29, 0.717) is 6.42 Å². The summed E-state index contributed by atoms with van der Waals surface area (Å²) in [4.78, 5) is 36.0. The molecule has 0 radical (unpaired) electrons. The average molecular weight is 364 g/mol. The largest absolute Gasteiger partial charge is 0.481 e. The summed E-state index contributed by atoms with van der Waals surface area (Å²) in [6, 6.07) is 0. The monoisotopic (exact) mass is 364 g/mol. The first-order valence-corrected chi connectivity index (χ1v) is 9.25. The van der Waals surface area contributed by atoms with Crippen molar-refractivity contribution >= 4 is 17.9 Å². The van der Waals surface area contributed by atoms with Crippen molar-refractivity contribution in [2.24, 2.45) is 28.1 Å². The zero-order chi connectivity index (χ0) is 19.5. The van der Waals surface area contributed by atoms with Gasteiger partial charge in [-0.2, -0.15) is 0 Å². The fraction of sp³-hybridized carbons (Fsp3) is 0.750. The molecule has 1 aliphatic heterocycles. The van der Waals surface area contributed by atoms with Crippen molar-refractivity contribution < 1.29 is 29.3 Å². The molecule has 0 amide bonds. The Kier molecular flexibility index (Phi) is 4.24. The van der Waals surface area contributed by atoms with Crippen molar-refractivity contribution in [1.82, 2.24) is 0 Å². The van der Waals surface area contributed by atoms with E-state index in [2.05, 4.69) is 0 Å². The smallest absolute Gasteiger partial charge is 0.309 e. The van der Waals surface area contributed by atoms with Gasteiger partial charge in [0, 0.05) is 11.8 Å². The topological polar surface area (TPSA) is 101 Å². The molecule has 26 heavy (non-hydrogen) atoms. The zero-order valence-corrected chi connectivity index (χ0v) is 15.9. The van der Waals surface area contributed by atoms with Crippen LogP contribution in [0.15, 0.2) is 11.6 Å². The molecule has 5 atom stereocenters. The predicted molar refractivity (Wildman–Crippen MR) is 93.3 cm³/mol. The third-order valence-electron chi connectivity index (χ3n) is 7.38. The first kappa shape index (κ1) is 18.9. The summed E-state index contributed by atoms with van der Waals surface area (Å²) in [5, 5.41) is 19.4. The highest BCUT2D eigenvalue weighted by atomic mass is 16.5. The van der Waals surface area contributed by atoms with E-state index in [0.717, 1.165) is 18.4 Å². The molecule has 1 spiro atoms. The third-order valence-corrected chi connectivity index (χ3v) is 7.38. The molecule has 0 aromatic carbocycles. The van der Waals surface area contributed by atoms with Gasteiger partial charge in [0.05, 0.1) is 11.8 Å². The van der Waals surface area contributed by atoms with Gasteiger partial charge in [-0.1, -0.05) is 12.5 Å². The first-order chi connectivity index (χ1) is 11.9. The summed E-state index contributed by atoms with van der Waals surface area (Å²) in [5.41, 5.74) is -0.998. The predicted octanol–water partition coefficient (Wildman–Crippen LogP) is 3.26. The maximum absolute atomic E-state index is 12.3. The van der Waals surface area contributed by atoms with Crippen LogP contribution in [0.1, 0.15) is 59.8 Å². The Bertz CT molecular complexity index is 692. The second kappa shape index (κ2) is 5.83. The van der Waals surface area contributed by atoms with Crippen LogP contribution in [0, 0.1) is 28.1 Å². The lowest BCUT2D eigenvalue weighted by atomic mass is 9.44. The van der Waals surface area contributed by atoms with E-state index in [9.17, 15) is 24.6 Å². The summed E-state index contributed by atoms with van der Waals surface area (Å²) < 4.78 is 5.63. The van der Waals surface area contributed by atoms with E-state index < -0.39 is 22.8 Å². The van der Waals surface area contributed by atoms with Gasteiger partial charge in [0.1, 0.15) is 6.10 Å². The Morgan fingerprint density at radius 3 is 2.58 bits per heavy atom. The van der Waals surface area contributed by atoms with Crippen LogP contribution < -0.4 is 0 Å². The van der Waals surface area contributed by atoms with Crippen LogP contribution in [0.3, 0.4) is 0 Å². The Morgan fingerprint density at radius 1 is 1.35 bits per heavy atom. The van der Waals surface area contributed by atoms with Crippen LogP contribution in [0.2, 0.25) is 0 Å². The maximum Gasteiger partial charge on any atom is 0.309 e. The molecule has 144 valence electrons. The van der Waals surface area contributed by atoms with Gasteiger partial charge in [-0.25, -0.2) is 0 Å². The van der Waals surface area contributed by atoms with Crippen molar-refractivity contribution in [2.45, 2.75) is 65.9 Å². The first-order valence-electron chi connectivity index (χ1n) is 9.25. The number of carbonyl (C=O) groups is 3. The lowest BCUT2D eigenvalue weighted by Crippen LogP contribution is -2.61. The average Bonchev–Trinajstić information content (AvgIpc) is 2.79. The Hall–Kier alpha value is -1.85. The van der Waals surface area contributed by atoms with Crippen molar-refractivity contribution in [3.63, 3.8) is 0 Å². The maximum atomic E-state index is 12.3. The molecule has 2 aliphatic carbocycles. The van der Waals surface area contributed by atoms with E-state index in [4.69, 9.17) is 4.74 Å². The minimum atomic E-state index is -1.07. The molecule has 0 unspecified atom stereocenters. The third kappa shape index (κ3) is 2.57. The van der Waals surface area contributed by atoms with Crippen molar-refractivity contribution in [1.29, 1.82) is 0 Å². The Morgan fingerprint density at radius 2 is 2.00 bits per heavy atom. The van der Waals surface area contributed by atoms with Crippen LogP contribution >= 0.6 is 0 Å². The second-order valence-corrected chi connectivity index (χ2v) is 9.28. The number of ether oxygens (including phenoxy) is 1. The number of rotatable bonds is 4. The van der Waals surface area contributed by atoms with Gasteiger partial charge < -0.3 is 14.9 Å². The number of aliphatic carboxylic acids is 2. The molecule has 6 nitrogen and oxygen atoms in total. The summed E-state index contributed by atoms with van der Waals surface area (Å²) in [6.07, 6.45) is 3.84. The van der Waals surface area contributed by atoms with Gasteiger partial charge in [-0.05, 0) is 63.4 Å². The van der Waals surface area contributed by atoms with E-state index in [1.807, 2.05) is 19.9 Å². The van der Waals surface area contributed by atoms with Crippen LogP contribution in [-0.4, -0.2) is 34.2 Å². The summed E-state index contributed by atoms with van der Waals surface area (Å²) in [5.74, 6) is -2.72. The molecule has 0 aromatic rings. The van der Waals surface area contributed by atoms with Crippen LogP contribution in [0.25, 0.3) is 0 Å². The Labute approximate surface area is 153 Å². The molecule has 2 fully saturated rings. The standard InChI is InChI=1S/C20H28O6/c1-11-7-14-20(9-11)6-5-12(18(2,3)17(24)25)19(4,10-15(21)22)13(20)8-16(23)26-14/h7,12-14H,5-6,8-10H2,1-4H3,(H,21,22)(H,24,25)/t12-,13-,14-,19+,20+/m0/s1. The number of carbonyl (C=O) groups excluding carboxylic acids is 1. The van der Waals surface area contributed by atoms with E-state index in [1.165, 1.54) is 0 Å². The molecule has 1 saturated carbocycles. The van der Waals surface area contributed by atoms with Gasteiger partial charge in [0.2, 0.25) is 0 Å². The number of hydrogen-bond acceptors (Lipinski definition) is 4. The number of esters is 1. The summed E-state index contributed by atoms with van der Waals surface area (Å²) >= 11 is 0. The normalized spacial score (nSPS) is 39.5. The SMILES string of the molecule is CC1=C[C@@H]2OC(=O)C[C@H]3[C@](C)(CC(=O)O)[C@H](C(C)(C)C(=O)O)CC[C@]23C1. The minimum absolute atomic E-state index is 0.139. The molecule has 6 heteroatoms. The number of carboxylic acids is 2. The molecule has 2 N–H and O–H groups in total. The lowest BCUT2D eigenvalue weighted by Gasteiger charge is -2.61. The minimum Gasteiger partial charge on any atom is -0.481 e. The fourth-order valence-electron chi connectivity index (χ4n) is 6.32. The molecular formula is C20H28O6. The van der Waals surface area contributed by atoms with Crippen LogP contribution in [-0.2, 0) is 19.1 Å². The lowest BCUT2D eigenvalue weighted by molar-refractivity contribution is -0.205. The molecule has 1 saturated heterocycles. The fourth-order valence-corrected chi connectivity index (χ4v) is 6.32. The van der Waals surface area contributed by atoms with Crippen molar-refractivity contribution in [2.75, 3.05) is 0 Å². The van der Waals surface area contributed by atoms with Gasteiger partial charge in [0.15, 0.2) is 0 Å². The van der Waals surface area contributed by atoms with Crippen molar-refractivity contribution in [3.8, 4) is 0 Å². The number of hydrogen-bond donors (Lipinski definition) is 2. The second-order valence-electron chi connectivity index (χ2n) is 9.28. The quantitative estimate of drug-likeness (QED) is 0.586. The van der Waals surface area contributed by atoms with Gasteiger partial charge in [-0.15, -0.1) is 0 Å². The zero-order valence-electron chi connectivity index (χ0n) is 15.9. The van der Waals surface area contributed by atoms with Crippen molar-refractivity contribution in [3.05, 3.63) is 11.6 Å². The van der Waals surface area contributed by atoms with E-state index in [-0.39, 0.29) is 42.2 Å². The highest BCUT2D eigenvalue weighted by molar-refractivity contribution is 5.76. The van der Waals surface area contributed by atoms with Crippen LogP contribution in [0.4, 0.5) is 0 Å². The van der Waals surface area contributed by atoms with E-state index >= 15 is 0 Å². The Balaban J connectivity index is 2.11. The van der Waals surface area contributed by atoms with E-state index in [1.54, 1.807) is 13.8 Å². The highest BCUT2D eigenvalue weighted by Crippen LogP contribution is 2.67. The highest BCUT2D eigenvalue weighted by Gasteiger charge is 2.66. The molecule has 3 rings (SSSR count).